The standard InChI is InChI=1S/C18H25NO3/c1-13-7-9-15(10-8-13)5-3-4-6-17(20)19-11-14(2)16(12-19)18(21)22/h7-10,14,16H,3-6,11-12H2,1-2H3,(H,21,22)/t14-,16-/m1/s1. The molecular formula is C18H25NO3. The number of hydrogen-bond donors (Lipinski definition) is 1. The van der Waals surface area contributed by atoms with Gasteiger partial charge in [-0.05, 0) is 37.7 Å². The third-order valence-electron chi connectivity index (χ3n) is 4.51. The molecule has 22 heavy (non-hydrogen) atoms. The molecule has 0 aliphatic carbocycles. The molecule has 1 fully saturated rings. The van der Waals surface area contributed by atoms with Crippen LogP contribution in [0, 0.1) is 18.8 Å². The number of hydrogen-bond acceptors (Lipinski definition) is 2. The van der Waals surface area contributed by atoms with Gasteiger partial charge in [-0.1, -0.05) is 36.8 Å². The summed E-state index contributed by atoms with van der Waals surface area (Å²) in [5, 5.41) is 9.10. The van der Waals surface area contributed by atoms with Crippen LogP contribution in [0.25, 0.3) is 0 Å². The Bertz CT molecular complexity index is 524. The maximum Gasteiger partial charge on any atom is 0.308 e. The Labute approximate surface area is 132 Å². The van der Waals surface area contributed by atoms with Crippen molar-refractivity contribution in [3.63, 3.8) is 0 Å². The Kier molecular flexibility index (Phi) is 5.58. The molecular weight excluding hydrogens is 278 g/mol. The highest BCUT2D eigenvalue weighted by Gasteiger charge is 2.36. The smallest absolute Gasteiger partial charge is 0.308 e. The molecule has 0 aromatic heterocycles. The lowest BCUT2D eigenvalue weighted by molar-refractivity contribution is -0.142. The van der Waals surface area contributed by atoms with Gasteiger partial charge in [-0.2, -0.15) is 0 Å². The predicted molar refractivity (Wildman–Crippen MR) is 85.6 cm³/mol. The van der Waals surface area contributed by atoms with Gasteiger partial charge in [0.1, 0.15) is 0 Å². The number of aryl methyl sites for hydroxylation is 2. The van der Waals surface area contributed by atoms with Crippen LogP contribution in [0.1, 0.15) is 37.3 Å². The maximum atomic E-state index is 12.1. The Hall–Kier alpha value is -1.84. The van der Waals surface area contributed by atoms with Crippen molar-refractivity contribution in [3.05, 3.63) is 35.4 Å². The van der Waals surface area contributed by atoms with Gasteiger partial charge in [0.15, 0.2) is 0 Å². The average molecular weight is 303 g/mol. The molecule has 1 saturated heterocycles. The van der Waals surface area contributed by atoms with Crippen LogP contribution in [0.4, 0.5) is 0 Å². The van der Waals surface area contributed by atoms with Crippen LogP contribution in [-0.4, -0.2) is 35.0 Å². The molecule has 1 amide bonds. The van der Waals surface area contributed by atoms with Crippen LogP contribution in [-0.2, 0) is 16.0 Å². The summed E-state index contributed by atoms with van der Waals surface area (Å²) in [6.07, 6.45) is 3.35. The van der Waals surface area contributed by atoms with Crippen molar-refractivity contribution in [2.45, 2.75) is 39.5 Å². The fourth-order valence-electron chi connectivity index (χ4n) is 3.01. The molecule has 1 aromatic carbocycles. The number of carbonyl (C=O) groups excluding carboxylic acids is 1. The fraction of sp³-hybridized carbons (Fsp3) is 0.556. The van der Waals surface area contributed by atoms with Crippen LogP contribution in [0.2, 0.25) is 0 Å². The fourth-order valence-corrected chi connectivity index (χ4v) is 3.01. The number of benzene rings is 1. The number of aliphatic carboxylic acids is 1. The van der Waals surface area contributed by atoms with Crippen molar-refractivity contribution in [1.29, 1.82) is 0 Å². The molecule has 2 atom stereocenters. The lowest BCUT2D eigenvalue weighted by Crippen LogP contribution is -2.29. The van der Waals surface area contributed by atoms with Crippen molar-refractivity contribution in [2.24, 2.45) is 11.8 Å². The van der Waals surface area contributed by atoms with Crippen LogP contribution in [0.15, 0.2) is 24.3 Å². The van der Waals surface area contributed by atoms with Crippen LogP contribution < -0.4 is 0 Å². The van der Waals surface area contributed by atoms with Crippen molar-refractivity contribution in [1.82, 2.24) is 4.90 Å². The summed E-state index contributed by atoms with van der Waals surface area (Å²) in [5.74, 6) is -1.05. The van der Waals surface area contributed by atoms with E-state index >= 15 is 0 Å². The number of likely N-dealkylation sites (tertiary alicyclic amines) is 1. The minimum Gasteiger partial charge on any atom is -0.481 e. The summed E-state index contributed by atoms with van der Waals surface area (Å²) < 4.78 is 0. The molecule has 1 N–H and O–H groups in total. The number of nitrogens with zero attached hydrogens (tertiary/aromatic N) is 1. The molecule has 1 aliphatic rings. The molecule has 1 aliphatic heterocycles. The lowest BCUT2D eigenvalue weighted by atomic mass is 9.99. The van der Waals surface area contributed by atoms with E-state index in [-0.39, 0.29) is 11.8 Å². The van der Waals surface area contributed by atoms with E-state index in [1.54, 1.807) is 4.90 Å². The van der Waals surface area contributed by atoms with E-state index in [2.05, 4.69) is 31.2 Å². The largest absolute Gasteiger partial charge is 0.481 e. The Morgan fingerprint density at radius 3 is 2.45 bits per heavy atom. The van der Waals surface area contributed by atoms with Gasteiger partial charge < -0.3 is 10.0 Å². The first kappa shape index (κ1) is 16.5. The summed E-state index contributed by atoms with van der Waals surface area (Å²) in [6.45, 7) is 4.92. The molecule has 0 spiro atoms. The number of carboxylic acids is 1. The molecule has 2 rings (SSSR count). The van der Waals surface area contributed by atoms with E-state index in [9.17, 15) is 9.59 Å². The molecule has 4 heteroatoms. The van der Waals surface area contributed by atoms with Crippen molar-refractivity contribution in [2.75, 3.05) is 13.1 Å². The molecule has 1 heterocycles. The van der Waals surface area contributed by atoms with Gasteiger partial charge in [0.2, 0.25) is 5.91 Å². The second-order valence-electron chi connectivity index (χ2n) is 6.41. The summed E-state index contributed by atoms with van der Waals surface area (Å²) in [6, 6.07) is 8.49. The van der Waals surface area contributed by atoms with Crippen molar-refractivity contribution >= 4 is 11.9 Å². The van der Waals surface area contributed by atoms with E-state index in [1.165, 1.54) is 11.1 Å². The molecule has 1 aromatic rings. The molecule has 120 valence electrons. The second-order valence-corrected chi connectivity index (χ2v) is 6.41. The molecule has 0 radical (unpaired) electrons. The highest BCUT2D eigenvalue weighted by Crippen LogP contribution is 2.24. The van der Waals surface area contributed by atoms with Gasteiger partial charge in [0, 0.05) is 19.5 Å². The quantitative estimate of drug-likeness (QED) is 0.822. The number of amides is 1. The predicted octanol–water partition coefficient (Wildman–Crippen LogP) is 2.89. The molecule has 4 nitrogen and oxygen atoms in total. The van der Waals surface area contributed by atoms with Crippen LogP contribution >= 0.6 is 0 Å². The maximum absolute atomic E-state index is 12.1. The monoisotopic (exact) mass is 303 g/mol. The lowest BCUT2D eigenvalue weighted by Gasteiger charge is -2.15. The van der Waals surface area contributed by atoms with Gasteiger partial charge in [0.05, 0.1) is 5.92 Å². The van der Waals surface area contributed by atoms with E-state index in [1.807, 2.05) is 6.92 Å². The Morgan fingerprint density at radius 2 is 1.86 bits per heavy atom. The third-order valence-corrected chi connectivity index (χ3v) is 4.51. The van der Waals surface area contributed by atoms with Gasteiger partial charge >= 0.3 is 5.97 Å². The zero-order valence-electron chi connectivity index (χ0n) is 13.4. The number of unbranched alkanes of at least 4 members (excludes halogenated alkanes) is 1. The zero-order valence-corrected chi connectivity index (χ0v) is 13.4. The Balaban J connectivity index is 1.70. The van der Waals surface area contributed by atoms with E-state index in [0.717, 1.165) is 19.3 Å². The Morgan fingerprint density at radius 1 is 1.18 bits per heavy atom. The molecule has 0 unspecified atom stereocenters. The number of carbonyl (C=O) groups is 2. The van der Waals surface area contributed by atoms with Gasteiger partial charge in [0.25, 0.3) is 0 Å². The summed E-state index contributed by atoms with van der Waals surface area (Å²) in [7, 11) is 0. The first-order chi connectivity index (χ1) is 10.5. The first-order valence-corrected chi connectivity index (χ1v) is 8.03. The SMILES string of the molecule is Cc1ccc(CCCCC(=O)N2C[C@@H](C)[C@H](C(=O)O)C2)cc1. The zero-order chi connectivity index (χ0) is 16.1. The van der Waals surface area contributed by atoms with Crippen LogP contribution in [0.3, 0.4) is 0 Å². The van der Waals surface area contributed by atoms with Gasteiger partial charge in [-0.15, -0.1) is 0 Å². The minimum absolute atomic E-state index is 0.0500. The second kappa shape index (κ2) is 7.43. The summed E-state index contributed by atoms with van der Waals surface area (Å²) in [4.78, 5) is 24.9. The number of rotatable bonds is 6. The highest BCUT2D eigenvalue weighted by atomic mass is 16.4. The van der Waals surface area contributed by atoms with Crippen molar-refractivity contribution < 1.29 is 14.7 Å². The minimum atomic E-state index is -0.790. The van der Waals surface area contributed by atoms with Gasteiger partial charge in [-0.25, -0.2) is 0 Å². The first-order valence-electron chi connectivity index (χ1n) is 8.03. The van der Waals surface area contributed by atoms with E-state index < -0.39 is 11.9 Å². The summed E-state index contributed by atoms with van der Waals surface area (Å²) >= 11 is 0. The summed E-state index contributed by atoms with van der Waals surface area (Å²) in [5.41, 5.74) is 2.56. The van der Waals surface area contributed by atoms with E-state index in [4.69, 9.17) is 5.11 Å². The van der Waals surface area contributed by atoms with Crippen molar-refractivity contribution in [3.8, 4) is 0 Å². The molecule has 0 saturated carbocycles. The van der Waals surface area contributed by atoms with Gasteiger partial charge in [-0.3, -0.25) is 9.59 Å². The molecule has 0 bridgehead atoms. The van der Waals surface area contributed by atoms with E-state index in [0.29, 0.717) is 19.5 Å². The normalized spacial score (nSPS) is 21.1. The third kappa shape index (κ3) is 4.33. The number of carboxylic acid groups (broad SMARTS) is 1. The average Bonchev–Trinajstić information content (AvgIpc) is 2.87. The topological polar surface area (TPSA) is 57.6 Å². The highest BCUT2D eigenvalue weighted by molar-refractivity contribution is 5.78. The van der Waals surface area contributed by atoms with Crippen LogP contribution in [0.5, 0.6) is 0 Å².